The third-order valence-electron chi connectivity index (χ3n) is 2.27. The lowest BCUT2D eigenvalue weighted by atomic mass is 10.2. The first-order valence-corrected chi connectivity index (χ1v) is 4.82. The SMILES string of the molecule is Cc1nc(C)n(-c2ccccc2CO)n1. The van der Waals surface area contributed by atoms with Crippen molar-refractivity contribution in [3.63, 3.8) is 0 Å². The highest BCUT2D eigenvalue weighted by Crippen LogP contribution is 2.15. The van der Waals surface area contributed by atoms with Crippen LogP contribution in [0, 0.1) is 13.8 Å². The summed E-state index contributed by atoms with van der Waals surface area (Å²) in [6, 6.07) is 7.62. The summed E-state index contributed by atoms with van der Waals surface area (Å²) in [5.41, 5.74) is 1.74. The van der Waals surface area contributed by atoms with E-state index in [0.717, 1.165) is 22.9 Å². The van der Waals surface area contributed by atoms with Crippen LogP contribution in [-0.4, -0.2) is 19.9 Å². The lowest BCUT2D eigenvalue weighted by molar-refractivity contribution is 0.281. The predicted molar refractivity (Wildman–Crippen MR) is 56.8 cm³/mol. The van der Waals surface area contributed by atoms with Gasteiger partial charge in [0.25, 0.3) is 0 Å². The number of aliphatic hydroxyl groups is 1. The normalized spacial score (nSPS) is 10.6. The largest absolute Gasteiger partial charge is 0.392 e. The molecule has 78 valence electrons. The fourth-order valence-corrected chi connectivity index (χ4v) is 1.60. The van der Waals surface area contributed by atoms with Gasteiger partial charge in [-0.05, 0) is 19.9 Å². The van der Waals surface area contributed by atoms with Gasteiger partial charge in [0.15, 0.2) is 0 Å². The van der Waals surface area contributed by atoms with Gasteiger partial charge in [-0.15, -0.1) is 0 Å². The summed E-state index contributed by atoms with van der Waals surface area (Å²) in [6.45, 7) is 3.76. The van der Waals surface area contributed by atoms with E-state index >= 15 is 0 Å². The van der Waals surface area contributed by atoms with Crippen LogP contribution >= 0.6 is 0 Å². The van der Waals surface area contributed by atoms with Crippen molar-refractivity contribution >= 4 is 0 Å². The molecule has 0 aliphatic heterocycles. The molecule has 0 radical (unpaired) electrons. The second-order valence-corrected chi connectivity index (χ2v) is 3.40. The minimum absolute atomic E-state index is 0.00845. The van der Waals surface area contributed by atoms with Gasteiger partial charge in [-0.25, -0.2) is 9.67 Å². The van der Waals surface area contributed by atoms with Crippen molar-refractivity contribution in [2.45, 2.75) is 20.5 Å². The fourth-order valence-electron chi connectivity index (χ4n) is 1.60. The number of nitrogens with zero attached hydrogens (tertiary/aromatic N) is 3. The van der Waals surface area contributed by atoms with Crippen LogP contribution in [0.4, 0.5) is 0 Å². The molecule has 0 atom stereocenters. The van der Waals surface area contributed by atoms with E-state index in [9.17, 15) is 5.11 Å². The molecule has 0 unspecified atom stereocenters. The number of aryl methyl sites for hydroxylation is 2. The van der Waals surface area contributed by atoms with Gasteiger partial charge in [0, 0.05) is 5.56 Å². The highest BCUT2D eigenvalue weighted by Gasteiger charge is 2.08. The molecule has 0 spiro atoms. The van der Waals surface area contributed by atoms with E-state index < -0.39 is 0 Å². The first-order chi connectivity index (χ1) is 7.22. The van der Waals surface area contributed by atoms with Crippen molar-refractivity contribution in [3.05, 3.63) is 41.5 Å². The minimum Gasteiger partial charge on any atom is -0.392 e. The molecular weight excluding hydrogens is 190 g/mol. The van der Waals surface area contributed by atoms with Crippen molar-refractivity contribution in [1.29, 1.82) is 0 Å². The van der Waals surface area contributed by atoms with Crippen molar-refractivity contribution in [2.75, 3.05) is 0 Å². The highest BCUT2D eigenvalue weighted by molar-refractivity contribution is 5.40. The zero-order valence-corrected chi connectivity index (χ0v) is 8.81. The highest BCUT2D eigenvalue weighted by atomic mass is 16.3. The molecule has 1 aromatic carbocycles. The molecule has 15 heavy (non-hydrogen) atoms. The van der Waals surface area contributed by atoms with Crippen LogP contribution in [-0.2, 0) is 6.61 Å². The van der Waals surface area contributed by atoms with Crippen LogP contribution in [0.2, 0.25) is 0 Å². The third-order valence-corrected chi connectivity index (χ3v) is 2.27. The van der Waals surface area contributed by atoms with Gasteiger partial charge in [-0.3, -0.25) is 0 Å². The Kier molecular flexibility index (Phi) is 2.51. The average Bonchev–Trinajstić information content (AvgIpc) is 2.57. The molecule has 0 fully saturated rings. The lowest BCUT2D eigenvalue weighted by Crippen LogP contribution is -2.03. The Morgan fingerprint density at radius 2 is 2.00 bits per heavy atom. The summed E-state index contributed by atoms with van der Waals surface area (Å²) in [5.74, 6) is 1.56. The van der Waals surface area contributed by atoms with Gasteiger partial charge < -0.3 is 5.11 Å². The number of aliphatic hydroxyl groups excluding tert-OH is 1. The number of benzene rings is 1. The third kappa shape index (κ3) is 1.76. The van der Waals surface area contributed by atoms with E-state index in [1.165, 1.54) is 0 Å². The minimum atomic E-state index is 0.00845. The standard InChI is InChI=1S/C11H13N3O/c1-8-12-9(2)14(13-8)11-6-4-3-5-10(11)7-15/h3-6,15H,7H2,1-2H3. The van der Waals surface area contributed by atoms with Crippen LogP contribution in [0.3, 0.4) is 0 Å². The Balaban J connectivity index is 2.58. The zero-order valence-electron chi connectivity index (χ0n) is 8.81. The molecule has 0 aliphatic rings. The molecule has 0 saturated carbocycles. The van der Waals surface area contributed by atoms with Crippen LogP contribution in [0.25, 0.3) is 5.69 Å². The van der Waals surface area contributed by atoms with E-state index in [1.54, 1.807) is 4.68 Å². The monoisotopic (exact) mass is 203 g/mol. The summed E-state index contributed by atoms with van der Waals surface area (Å²) in [7, 11) is 0. The summed E-state index contributed by atoms with van der Waals surface area (Å²) in [4.78, 5) is 4.23. The molecule has 1 N–H and O–H groups in total. The summed E-state index contributed by atoms with van der Waals surface area (Å²) < 4.78 is 1.75. The summed E-state index contributed by atoms with van der Waals surface area (Å²) in [5, 5.41) is 13.5. The first-order valence-electron chi connectivity index (χ1n) is 4.82. The van der Waals surface area contributed by atoms with E-state index in [1.807, 2.05) is 38.1 Å². The summed E-state index contributed by atoms with van der Waals surface area (Å²) >= 11 is 0. The van der Waals surface area contributed by atoms with Gasteiger partial charge in [0.1, 0.15) is 11.6 Å². The van der Waals surface area contributed by atoms with E-state index in [4.69, 9.17) is 0 Å². The lowest BCUT2D eigenvalue weighted by Gasteiger charge is -2.07. The topological polar surface area (TPSA) is 50.9 Å². The maximum atomic E-state index is 9.22. The zero-order chi connectivity index (χ0) is 10.8. The molecule has 0 amide bonds. The quantitative estimate of drug-likeness (QED) is 0.802. The number of aromatic nitrogens is 3. The molecule has 4 heteroatoms. The second-order valence-electron chi connectivity index (χ2n) is 3.40. The fraction of sp³-hybridized carbons (Fsp3) is 0.273. The Morgan fingerprint density at radius 3 is 2.60 bits per heavy atom. The maximum Gasteiger partial charge on any atom is 0.148 e. The molecule has 1 heterocycles. The van der Waals surface area contributed by atoms with Crippen LogP contribution < -0.4 is 0 Å². The molecule has 0 bridgehead atoms. The Morgan fingerprint density at radius 1 is 1.27 bits per heavy atom. The first kappa shape index (κ1) is 9.86. The maximum absolute atomic E-state index is 9.22. The summed E-state index contributed by atoms with van der Waals surface area (Å²) in [6.07, 6.45) is 0. The number of rotatable bonds is 2. The Bertz CT molecular complexity index is 476. The molecule has 1 aromatic heterocycles. The smallest absolute Gasteiger partial charge is 0.148 e. The number of hydrogen-bond donors (Lipinski definition) is 1. The predicted octanol–water partition coefficient (Wildman–Crippen LogP) is 1.38. The molecule has 0 saturated heterocycles. The van der Waals surface area contributed by atoms with Gasteiger partial charge in [-0.2, -0.15) is 5.10 Å². The van der Waals surface area contributed by atoms with Gasteiger partial charge in [0.2, 0.25) is 0 Å². The molecule has 2 rings (SSSR count). The van der Waals surface area contributed by atoms with E-state index in [0.29, 0.717) is 0 Å². The molecule has 0 aliphatic carbocycles. The molecule has 2 aromatic rings. The molecule has 4 nitrogen and oxygen atoms in total. The van der Waals surface area contributed by atoms with Crippen molar-refractivity contribution in [1.82, 2.24) is 14.8 Å². The van der Waals surface area contributed by atoms with E-state index in [-0.39, 0.29) is 6.61 Å². The Hall–Kier alpha value is -1.68. The van der Waals surface area contributed by atoms with Crippen molar-refractivity contribution < 1.29 is 5.11 Å². The number of para-hydroxylation sites is 1. The van der Waals surface area contributed by atoms with Gasteiger partial charge in [0.05, 0.1) is 12.3 Å². The van der Waals surface area contributed by atoms with Gasteiger partial charge >= 0.3 is 0 Å². The van der Waals surface area contributed by atoms with Crippen molar-refractivity contribution in [2.24, 2.45) is 0 Å². The van der Waals surface area contributed by atoms with E-state index in [2.05, 4.69) is 10.1 Å². The van der Waals surface area contributed by atoms with Crippen molar-refractivity contribution in [3.8, 4) is 5.69 Å². The second kappa shape index (κ2) is 3.82. The van der Waals surface area contributed by atoms with Crippen LogP contribution in [0.1, 0.15) is 17.2 Å². The number of hydrogen-bond acceptors (Lipinski definition) is 3. The Labute approximate surface area is 88.2 Å². The van der Waals surface area contributed by atoms with Crippen LogP contribution in [0.5, 0.6) is 0 Å². The van der Waals surface area contributed by atoms with Gasteiger partial charge in [-0.1, -0.05) is 18.2 Å². The molecular formula is C11H13N3O. The van der Waals surface area contributed by atoms with Crippen LogP contribution in [0.15, 0.2) is 24.3 Å². The average molecular weight is 203 g/mol.